The van der Waals surface area contributed by atoms with E-state index in [1.54, 1.807) is 6.07 Å². The highest BCUT2D eigenvalue weighted by Gasteiger charge is 2.31. The third-order valence-corrected chi connectivity index (χ3v) is 7.24. The molecule has 5 nitrogen and oxygen atoms in total. The smallest absolute Gasteiger partial charge is 0.307 e. The lowest BCUT2D eigenvalue weighted by Crippen LogP contribution is -2.39. The van der Waals surface area contributed by atoms with Crippen LogP contribution in [0.1, 0.15) is 56.7 Å². The Bertz CT molecular complexity index is 1200. The number of carboxylic acids is 1. The van der Waals surface area contributed by atoms with Gasteiger partial charge in [-0.25, -0.2) is 0 Å². The van der Waals surface area contributed by atoms with Gasteiger partial charge in [-0.3, -0.25) is 4.79 Å². The number of nitrogens with one attached hydrogen (secondary N) is 1. The Labute approximate surface area is 235 Å². The monoisotopic (exact) mass is 527 g/mol. The van der Waals surface area contributed by atoms with Crippen molar-refractivity contribution in [3.05, 3.63) is 83.4 Å². The van der Waals surface area contributed by atoms with Gasteiger partial charge < -0.3 is 20.3 Å². The molecular weight excluding hydrogens is 485 g/mol. The molecular formula is C33H42BNO4. The molecule has 1 aliphatic rings. The minimum absolute atomic E-state index is 0.0784. The standard InChI is InChI=1S/C31H36BNO4.C2H6/c1-21(19-32)13-25-9-10-29(25)33-28-16-23(20-37-30-8-3-2-6-26(30)18-31(35)36)15-27(17-28)24-7-4-5-22(14-24)11-12-34;1-2/h2-8,14-17,21,25,29,33-34H,9-13,18-20H2,1H3,(H,35,36);1-2H3. The second kappa shape index (κ2) is 15.4. The number of aliphatic hydroxyl groups excluding tert-OH is 1. The maximum Gasteiger partial charge on any atom is 0.307 e. The van der Waals surface area contributed by atoms with E-state index in [9.17, 15) is 15.0 Å². The number of carbonyl (C=O) groups is 1. The van der Waals surface area contributed by atoms with Crippen molar-refractivity contribution >= 4 is 19.5 Å². The van der Waals surface area contributed by atoms with E-state index in [-0.39, 0.29) is 13.0 Å². The summed E-state index contributed by atoms with van der Waals surface area (Å²) in [5.41, 5.74) is 5.97. The molecule has 206 valence electrons. The second-order valence-corrected chi connectivity index (χ2v) is 10.2. The van der Waals surface area contributed by atoms with Crippen LogP contribution in [0.2, 0.25) is 6.32 Å². The number of aliphatic carboxylic acids is 1. The summed E-state index contributed by atoms with van der Waals surface area (Å²) in [6, 6.07) is 22.4. The van der Waals surface area contributed by atoms with Crippen molar-refractivity contribution < 1.29 is 19.7 Å². The van der Waals surface area contributed by atoms with E-state index < -0.39 is 5.97 Å². The Kier molecular flexibility index (Phi) is 11.9. The van der Waals surface area contributed by atoms with Gasteiger partial charge in [-0.15, -0.1) is 0 Å². The summed E-state index contributed by atoms with van der Waals surface area (Å²) < 4.78 is 6.13. The molecule has 2 radical (unpaired) electrons. The molecule has 3 unspecified atom stereocenters. The molecule has 3 N–H and O–H groups in total. The first kappa shape index (κ1) is 30.3. The van der Waals surface area contributed by atoms with E-state index in [4.69, 9.17) is 12.6 Å². The fraction of sp³-hybridized carbons (Fsp3) is 0.424. The Morgan fingerprint density at radius 3 is 2.49 bits per heavy atom. The summed E-state index contributed by atoms with van der Waals surface area (Å²) >= 11 is 0. The Balaban J connectivity index is 0.00000205. The Hall–Kier alpha value is -3.25. The van der Waals surface area contributed by atoms with E-state index in [0.717, 1.165) is 40.8 Å². The minimum atomic E-state index is -0.883. The summed E-state index contributed by atoms with van der Waals surface area (Å²) in [4.78, 5) is 11.3. The van der Waals surface area contributed by atoms with Crippen LogP contribution >= 0.6 is 0 Å². The van der Waals surface area contributed by atoms with Crippen LogP contribution in [-0.4, -0.2) is 36.7 Å². The van der Waals surface area contributed by atoms with Crippen LogP contribution in [0.15, 0.2) is 66.7 Å². The van der Waals surface area contributed by atoms with Crippen molar-refractivity contribution in [3.63, 3.8) is 0 Å². The largest absolute Gasteiger partial charge is 0.489 e. The number of rotatable bonds is 13. The Morgan fingerprint density at radius 2 is 1.79 bits per heavy atom. The van der Waals surface area contributed by atoms with Crippen LogP contribution in [0.25, 0.3) is 11.1 Å². The summed E-state index contributed by atoms with van der Waals surface area (Å²) in [7, 11) is 5.87. The van der Waals surface area contributed by atoms with E-state index >= 15 is 0 Å². The minimum Gasteiger partial charge on any atom is -0.489 e. The zero-order valence-electron chi connectivity index (χ0n) is 23.5. The van der Waals surface area contributed by atoms with Gasteiger partial charge >= 0.3 is 5.97 Å². The van der Waals surface area contributed by atoms with Crippen molar-refractivity contribution in [2.75, 3.05) is 11.9 Å². The predicted octanol–water partition coefficient (Wildman–Crippen LogP) is 6.92. The summed E-state index contributed by atoms with van der Waals surface area (Å²) in [5, 5.41) is 22.4. The summed E-state index contributed by atoms with van der Waals surface area (Å²) in [6.07, 6.45) is 4.76. The van der Waals surface area contributed by atoms with Crippen molar-refractivity contribution in [2.24, 2.45) is 11.8 Å². The number of benzene rings is 3. The van der Waals surface area contributed by atoms with E-state index in [1.165, 1.54) is 6.42 Å². The first-order chi connectivity index (χ1) is 18.9. The molecule has 0 spiro atoms. The average molecular weight is 528 g/mol. The lowest BCUT2D eigenvalue weighted by molar-refractivity contribution is -0.136. The normalized spacial score (nSPS) is 16.8. The van der Waals surface area contributed by atoms with Crippen molar-refractivity contribution in [1.29, 1.82) is 0 Å². The zero-order valence-corrected chi connectivity index (χ0v) is 23.5. The van der Waals surface area contributed by atoms with Crippen LogP contribution in [0.5, 0.6) is 5.75 Å². The first-order valence-electron chi connectivity index (χ1n) is 14.2. The van der Waals surface area contributed by atoms with Gasteiger partial charge in [0.15, 0.2) is 0 Å². The number of ether oxygens (including phenoxy) is 1. The van der Waals surface area contributed by atoms with Gasteiger partial charge in [-0.2, -0.15) is 0 Å². The van der Waals surface area contributed by atoms with E-state index in [2.05, 4.69) is 42.6 Å². The highest BCUT2D eigenvalue weighted by atomic mass is 16.5. The van der Waals surface area contributed by atoms with E-state index in [1.807, 2.05) is 44.2 Å². The van der Waals surface area contributed by atoms with Crippen LogP contribution in [0, 0.1) is 11.8 Å². The van der Waals surface area contributed by atoms with Gasteiger partial charge in [0.05, 0.1) is 14.3 Å². The number of anilines is 1. The maximum absolute atomic E-state index is 11.3. The number of carboxylic acid groups (broad SMARTS) is 1. The SMILES string of the molecule is CC.[B]CC(C)CC1CCC1Nc1cc(COc2ccccc2CC(=O)O)cc(-c2cccc(CCO)c2)c1. The predicted molar refractivity (Wildman–Crippen MR) is 161 cm³/mol. The highest BCUT2D eigenvalue weighted by molar-refractivity contribution is 6.08. The lowest BCUT2D eigenvalue weighted by atomic mass is 9.72. The van der Waals surface area contributed by atoms with Gasteiger partial charge in [0.25, 0.3) is 0 Å². The van der Waals surface area contributed by atoms with Crippen LogP contribution < -0.4 is 10.1 Å². The molecule has 0 heterocycles. The number of para-hydroxylation sites is 1. The van der Waals surface area contributed by atoms with Crippen molar-refractivity contribution in [1.82, 2.24) is 0 Å². The molecule has 6 heteroatoms. The van der Waals surface area contributed by atoms with Crippen molar-refractivity contribution in [3.8, 4) is 16.9 Å². The molecule has 0 aliphatic heterocycles. The molecule has 3 atom stereocenters. The Morgan fingerprint density at radius 1 is 1.03 bits per heavy atom. The third kappa shape index (κ3) is 8.89. The van der Waals surface area contributed by atoms with Crippen molar-refractivity contribution in [2.45, 2.75) is 71.8 Å². The topological polar surface area (TPSA) is 78.8 Å². The molecule has 0 bridgehead atoms. The zero-order chi connectivity index (χ0) is 28.2. The molecule has 39 heavy (non-hydrogen) atoms. The lowest BCUT2D eigenvalue weighted by Gasteiger charge is -2.39. The van der Waals surface area contributed by atoms with Crippen LogP contribution in [-0.2, 0) is 24.2 Å². The molecule has 3 aromatic rings. The fourth-order valence-electron chi connectivity index (χ4n) is 5.04. The van der Waals surface area contributed by atoms with Crippen LogP contribution in [0.4, 0.5) is 5.69 Å². The number of aliphatic hydroxyl groups is 1. The fourth-order valence-corrected chi connectivity index (χ4v) is 5.04. The first-order valence-corrected chi connectivity index (χ1v) is 14.2. The number of hydrogen-bond acceptors (Lipinski definition) is 4. The maximum atomic E-state index is 11.3. The molecule has 1 aliphatic carbocycles. The van der Waals surface area contributed by atoms with Gasteiger partial charge in [-0.05, 0) is 78.1 Å². The summed E-state index contributed by atoms with van der Waals surface area (Å²) in [6.45, 7) is 6.66. The molecule has 1 fully saturated rings. The van der Waals surface area contributed by atoms with E-state index in [0.29, 0.717) is 48.5 Å². The molecule has 3 aromatic carbocycles. The third-order valence-electron chi connectivity index (χ3n) is 7.24. The quantitative estimate of drug-likeness (QED) is 0.210. The molecule has 0 aromatic heterocycles. The molecule has 1 saturated carbocycles. The highest BCUT2D eigenvalue weighted by Crippen LogP contribution is 2.37. The van der Waals surface area contributed by atoms with Gasteiger partial charge in [0.2, 0.25) is 0 Å². The average Bonchev–Trinajstić information content (AvgIpc) is 2.94. The second-order valence-electron chi connectivity index (χ2n) is 10.2. The van der Waals surface area contributed by atoms with Gasteiger partial charge in [0, 0.05) is 23.9 Å². The summed E-state index contributed by atoms with van der Waals surface area (Å²) in [5.74, 6) is 0.846. The van der Waals surface area contributed by atoms with Crippen LogP contribution in [0.3, 0.4) is 0 Å². The molecule has 0 amide bonds. The molecule has 0 saturated heterocycles. The number of hydrogen-bond donors (Lipinski definition) is 3. The molecule has 4 rings (SSSR count). The van der Waals surface area contributed by atoms with Gasteiger partial charge in [-0.1, -0.05) is 75.5 Å². The van der Waals surface area contributed by atoms with Gasteiger partial charge in [0.1, 0.15) is 12.4 Å².